The zero-order valence-corrected chi connectivity index (χ0v) is 13.2. The summed E-state index contributed by atoms with van der Waals surface area (Å²) in [6.07, 6.45) is 0. The number of aromatic carboxylic acids is 1. The lowest BCUT2D eigenvalue weighted by atomic mass is 10.1. The van der Waals surface area contributed by atoms with Gasteiger partial charge in [0.05, 0.1) is 11.6 Å². The van der Waals surface area contributed by atoms with Gasteiger partial charge in [-0.2, -0.15) is 0 Å². The highest BCUT2D eigenvalue weighted by atomic mass is 35.5. The molecular formula is C16H15Cl2NO3. The Balaban J connectivity index is 0.00000176. The van der Waals surface area contributed by atoms with Crippen molar-refractivity contribution in [3.05, 3.63) is 64.2 Å². The standard InChI is InChI=1S/C16H14ClNO3.ClH/c17-13-5-3-10(4-6-13)14-9-21-15-7-11(16(19)20)1-2-12(15)8-18-14;/h1-7,14,18H,8-9H2,(H,19,20);1H. The highest BCUT2D eigenvalue weighted by Crippen LogP contribution is 2.27. The molecule has 0 radical (unpaired) electrons. The van der Waals surface area contributed by atoms with Gasteiger partial charge in [-0.05, 0) is 29.8 Å². The number of carbonyl (C=O) groups is 1. The van der Waals surface area contributed by atoms with Gasteiger partial charge >= 0.3 is 5.97 Å². The molecule has 0 aliphatic carbocycles. The van der Waals surface area contributed by atoms with Crippen LogP contribution in [-0.2, 0) is 6.54 Å². The average molecular weight is 340 g/mol. The summed E-state index contributed by atoms with van der Waals surface area (Å²) in [6, 6.07) is 12.6. The molecule has 0 spiro atoms. The van der Waals surface area contributed by atoms with E-state index < -0.39 is 5.97 Å². The first-order chi connectivity index (χ1) is 10.1. The van der Waals surface area contributed by atoms with Gasteiger partial charge in [0.1, 0.15) is 12.4 Å². The van der Waals surface area contributed by atoms with E-state index in [0.717, 1.165) is 11.1 Å². The summed E-state index contributed by atoms with van der Waals surface area (Å²) in [6.45, 7) is 1.07. The molecule has 0 saturated carbocycles. The molecule has 0 aromatic heterocycles. The van der Waals surface area contributed by atoms with Gasteiger partial charge in [0.15, 0.2) is 0 Å². The van der Waals surface area contributed by atoms with Crippen LogP contribution in [0, 0.1) is 0 Å². The summed E-state index contributed by atoms with van der Waals surface area (Å²) in [5.74, 6) is -0.327. The van der Waals surface area contributed by atoms with Crippen molar-refractivity contribution in [1.29, 1.82) is 0 Å². The van der Waals surface area contributed by atoms with Gasteiger partial charge in [0.25, 0.3) is 0 Å². The predicted molar refractivity (Wildman–Crippen MR) is 87.2 cm³/mol. The van der Waals surface area contributed by atoms with Gasteiger partial charge in [-0.15, -0.1) is 12.4 Å². The summed E-state index contributed by atoms with van der Waals surface area (Å²) in [7, 11) is 0. The highest BCUT2D eigenvalue weighted by Gasteiger charge is 2.19. The number of nitrogens with one attached hydrogen (secondary N) is 1. The number of rotatable bonds is 2. The minimum atomic E-state index is -0.951. The van der Waals surface area contributed by atoms with E-state index in [0.29, 0.717) is 23.9 Å². The van der Waals surface area contributed by atoms with Crippen molar-refractivity contribution in [2.24, 2.45) is 0 Å². The first-order valence-electron chi connectivity index (χ1n) is 6.61. The molecule has 1 heterocycles. The third kappa shape index (κ3) is 3.53. The maximum absolute atomic E-state index is 11.0. The SMILES string of the molecule is Cl.O=C(O)c1ccc2c(c1)OCC(c1ccc(Cl)cc1)NC2. The summed E-state index contributed by atoms with van der Waals surface area (Å²) in [5, 5.41) is 13.1. The Labute approximate surface area is 139 Å². The quantitative estimate of drug-likeness (QED) is 0.876. The molecule has 6 heteroatoms. The molecule has 0 saturated heterocycles. The van der Waals surface area contributed by atoms with Crippen molar-refractivity contribution >= 4 is 30.0 Å². The summed E-state index contributed by atoms with van der Waals surface area (Å²) in [5.41, 5.74) is 2.28. The molecule has 2 aromatic rings. The van der Waals surface area contributed by atoms with Crippen LogP contribution in [0.2, 0.25) is 5.02 Å². The van der Waals surface area contributed by atoms with Crippen LogP contribution in [0.25, 0.3) is 0 Å². The third-order valence-corrected chi connectivity index (χ3v) is 3.78. The van der Waals surface area contributed by atoms with E-state index in [2.05, 4.69) is 5.32 Å². The van der Waals surface area contributed by atoms with Crippen molar-refractivity contribution in [2.45, 2.75) is 12.6 Å². The lowest BCUT2D eigenvalue weighted by Crippen LogP contribution is -2.23. The van der Waals surface area contributed by atoms with Crippen LogP contribution < -0.4 is 10.1 Å². The normalized spacial score (nSPS) is 16.7. The molecule has 2 aromatic carbocycles. The monoisotopic (exact) mass is 339 g/mol. The molecule has 1 atom stereocenters. The number of carboxylic acids is 1. The van der Waals surface area contributed by atoms with Crippen LogP contribution in [0.15, 0.2) is 42.5 Å². The molecule has 2 N–H and O–H groups in total. The second kappa shape index (κ2) is 7.01. The summed E-state index contributed by atoms with van der Waals surface area (Å²) in [4.78, 5) is 11.0. The number of carboxylic acid groups (broad SMARTS) is 1. The Bertz CT molecular complexity index is 674. The predicted octanol–water partition coefficient (Wildman–Crippen LogP) is 3.68. The number of halogens is 2. The fourth-order valence-electron chi connectivity index (χ4n) is 2.34. The topological polar surface area (TPSA) is 58.6 Å². The van der Waals surface area contributed by atoms with Crippen molar-refractivity contribution in [2.75, 3.05) is 6.61 Å². The molecule has 3 rings (SSSR count). The van der Waals surface area contributed by atoms with Crippen molar-refractivity contribution in [3.63, 3.8) is 0 Å². The van der Waals surface area contributed by atoms with E-state index in [4.69, 9.17) is 21.4 Å². The van der Waals surface area contributed by atoms with Gasteiger partial charge < -0.3 is 15.2 Å². The van der Waals surface area contributed by atoms with E-state index >= 15 is 0 Å². The van der Waals surface area contributed by atoms with E-state index in [-0.39, 0.29) is 24.0 Å². The van der Waals surface area contributed by atoms with E-state index in [1.54, 1.807) is 18.2 Å². The van der Waals surface area contributed by atoms with Gasteiger partial charge in [0, 0.05) is 17.1 Å². The Morgan fingerprint density at radius 3 is 2.64 bits per heavy atom. The minimum Gasteiger partial charge on any atom is -0.491 e. The molecule has 4 nitrogen and oxygen atoms in total. The molecular weight excluding hydrogens is 325 g/mol. The van der Waals surface area contributed by atoms with E-state index in [1.165, 1.54) is 0 Å². The number of fused-ring (bicyclic) bond motifs is 1. The first kappa shape index (κ1) is 16.6. The van der Waals surface area contributed by atoms with E-state index in [9.17, 15) is 4.79 Å². The number of ether oxygens (including phenoxy) is 1. The number of benzene rings is 2. The largest absolute Gasteiger partial charge is 0.491 e. The molecule has 1 aliphatic heterocycles. The molecule has 22 heavy (non-hydrogen) atoms. The van der Waals surface area contributed by atoms with Crippen molar-refractivity contribution in [1.82, 2.24) is 5.32 Å². The molecule has 0 amide bonds. The van der Waals surface area contributed by atoms with Crippen molar-refractivity contribution in [3.8, 4) is 5.75 Å². The fraction of sp³-hybridized carbons (Fsp3) is 0.188. The maximum Gasteiger partial charge on any atom is 0.335 e. The van der Waals surface area contributed by atoms with Crippen LogP contribution >= 0.6 is 24.0 Å². The number of hydrogen-bond donors (Lipinski definition) is 2. The Morgan fingerprint density at radius 1 is 1.23 bits per heavy atom. The summed E-state index contributed by atoms with van der Waals surface area (Å²) < 4.78 is 5.78. The summed E-state index contributed by atoms with van der Waals surface area (Å²) >= 11 is 5.90. The molecule has 1 aliphatic rings. The zero-order valence-electron chi connectivity index (χ0n) is 11.6. The van der Waals surface area contributed by atoms with Gasteiger partial charge in [-0.3, -0.25) is 0 Å². The van der Waals surface area contributed by atoms with Crippen molar-refractivity contribution < 1.29 is 14.6 Å². The van der Waals surface area contributed by atoms with Gasteiger partial charge in [-0.1, -0.05) is 29.8 Å². The lowest BCUT2D eigenvalue weighted by molar-refractivity contribution is 0.0696. The van der Waals surface area contributed by atoms with Gasteiger partial charge in [-0.25, -0.2) is 4.79 Å². The average Bonchev–Trinajstić information content (AvgIpc) is 2.70. The second-order valence-corrected chi connectivity index (χ2v) is 5.36. The Morgan fingerprint density at radius 2 is 1.95 bits per heavy atom. The number of hydrogen-bond acceptors (Lipinski definition) is 3. The van der Waals surface area contributed by atoms with E-state index in [1.807, 2.05) is 24.3 Å². The van der Waals surface area contributed by atoms with Crippen LogP contribution in [0.5, 0.6) is 5.75 Å². The molecule has 1 unspecified atom stereocenters. The Kier molecular flexibility index (Phi) is 5.29. The fourth-order valence-corrected chi connectivity index (χ4v) is 2.47. The third-order valence-electron chi connectivity index (χ3n) is 3.53. The van der Waals surface area contributed by atoms with Crippen LogP contribution in [0.1, 0.15) is 27.5 Å². The van der Waals surface area contributed by atoms with Crippen LogP contribution in [0.3, 0.4) is 0 Å². The highest BCUT2D eigenvalue weighted by molar-refractivity contribution is 6.30. The smallest absolute Gasteiger partial charge is 0.335 e. The molecule has 0 fully saturated rings. The molecule has 0 bridgehead atoms. The Hall–Kier alpha value is -1.75. The zero-order chi connectivity index (χ0) is 14.8. The first-order valence-corrected chi connectivity index (χ1v) is 6.99. The minimum absolute atomic E-state index is 0. The van der Waals surface area contributed by atoms with Gasteiger partial charge in [0.2, 0.25) is 0 Å². The van der Waals surface area contributed by atoms with Crippen LogP contribution in [0.4, 0.5) is 0 Å². The van der Waals surface area contributed by atoms with Crippen LogP contribution in [-0.4, -0.2) is 17.7 Å². The maximum atomic E-state index is 11.0. The second-order valence-electron chi connectivity index (χ2n) is 4.92. The molecule has 116 valence electrons. The lowest BCUT2D eigenvalue weighted by Gasteiger charge is -2.15.